The van der Waals surface area contributed by atoms with E-state index in [2.05, 4.69) is 22.9 Å². The molecule has 3 rings (SSSR count). The summed E-state index contributed by atoms with van der Waals surface area (Å²) in [4.78, 5) is 61.0. The smallest absolute Gasteiger partial charge is 0.245 e. The van der Waals surface area contributed by atoms with Crippen molar-refractivity contribution in [2.75, 3.05) is 19.9 Å². The van der Waals surface area contributed by atoms with Crippen LogP contribution in [0.25, 0.3) is 0 Å². The Morgan fingerprint density at radius 2 is 1.65 bits per heavy atom. The average Bonchev–Trinajstić information content (AvgIpc) is 3.62. The molecule has 13 nitrogen and oxygen atoms in total. The third-order valence-corrected chi connectivity index (χ3v) is 12.4. The van der Waals surface area contributed by atoms with E-state index in [0.29, 0.717) is 37.2 Å². The predicted molar refractivity (Wildman–Crippen MR) is 217 cm³/mol. The lowest BCUT2D eigenvalue weighted by atomic mass is 9.81. The third kappa shape index (κ3) is 13.5. The van der Waals surface area contributed by atoms with Gasteiger partial charge in [-0.1, -0.05) is 67.0 Å². The zero-order chi connectivity index (χ0) is 41.2. The molecular weight excluding hydrogens is 723 g/mol. The van der Waals surface area contributed by atoms with Gasteiger partial charge in [-0.2, -0.15) is 0 Å². The Bertz CT molecular complexity index is 1470. The number of benzene rings is 1. The molecule has 0 radical (unpaired) electrons. The zero-order valence-corrected chi connectivity index (χ0v) is 35.6. The van der Waals surface area contributed by atoms with E-state index in [9.17, 15) is 29.4 Å². The van der Waals surface area contributed by atoms with Gasteiger partial charge in [-0.25, -0.2) is 0 Å². The number of aliphatic hydroxyl groups is 2. The first-order valence-electron chi connectivity index (χ1n) is 19.8. The average molecular weight is 790 g/mol. The predicted octanol–water partition coefficient (Wildman–Crippen LogP) is 4.08. The molecule has 1 aromatic rings. The first-order chi connectivity index (χ1) is 25.7. The first kappa shape index (κ1) is 46.2. The number of fused-ring (bicyclic) bond motifs is 1. The summed E-state index contributed by atoms with van der Waals surface area (Å²) in [5.74, 6) is -0.905. The molecule has 11 atom stereocenters. The van der Waals surface area contributed by atoms with Crippen LogP contribution in [-0.2, 0) is 30.3 Å². The fraction of sp³-hybridized carbons (Fsp3) is 0.732. The van der Waals surface area contributed by atoms with Crippen molar-refractivity contribution in [2.45, 2.75) is 150 Å². The Balaban J connectivity index is 1.94. The van der Waals surface area contributed by atoms with Crippen molar-refractivity contribution in [3.8, 4) is 5.75 Å². The van der Waals surface area contributed by atoms with Gasteiger partial charge >= 0.3 is 0 Å². The molecule has 0 aromatic heterocycles. The Kier molecular flexibility index (Phi) is 17.5. The molecule has 0 fully saturated rings. The van der Waals surface area contributed by atoms with E-state index in [0.717, 1.165) is 10.6 Å². The maximum atomic E-state index is 14.0. The van der Waals surface area contributed by atoms with Gasteiger partial charge in [0.15, 0.2) is 6.29 Å². The molecule has 2 aliphatic heterocycles. The number of thioether (sulfide) groups is 1. The summed E-state index contributed by atoms with van der Waals surface area (Å²) in [5, 5.41) is 32.0. The zero-order valence-electron chi connectivity index (χ0n) is 34.8. The molecular formula is C41H67N5O8S. The molecule has 5 N–H and O–H groups in total. The van der Waals surface area contributed by atoms with Gasteiger partial charge in [0.05, 0.1) is 36.4 Å². The van der Waals surface area contributed by atoms with Crippen LogP contribution in [-0.4, -0.2) is 112 Å². The van der Waals surface area contributed by atoms with Crippen LogP contribution in [0.15, 0.2) is 29.3 Å². The highest BCUT2D eigenvalue weighted by atomic mass is 32.2. The molecule has 2 bridgehead atoms. The summed E-state index contributed by atoms with van der Waals surface area (Å²) in [7, 11) is 3.14. The molecule has 2 aliphatic rings. The number of nitrogens with one attached hydrogen (secondary N) is 3. The second-order valence-electron chi connectivity index (χ2n) is 16.7. The van der Waals surface area contributed by atoms with E-state index in [1.54, 1.807) is 45.0 Å². The fourth-order valence-corrected chi connectivity index (χ4v) is 7.94. The van der Waals surface area contributed by atoms with Crippen molar-refractivity contribution in [1.29, 1.82) is 0 Å². The maximum Gasteiger partial charge on any atom is 0.245 e. The van der Waals surface area contributed by atoms with Crippen molar-refractivity contribution >= 4 is 40.4 Å². The molecule has 2 heterocycles. The quantitative estimate of drug-likeness (QED) is 0.294. The molecule has 0 saturated heterocycles. The topological polar surface area (TPSA) is 179 Å². The van der Waals surface area contributed by atoms with Gasteiger partial charge < -0.3 is 40.5 Å². The number of likely N-dealkylation sites (N-methyl/N-ethyl adjacent to an activating group) is 1. The van der Waals surface area contributed by atoms with Gasteiger partial charge in [0.25, 0.3) is 0 Å². The first-order valence-corrected chi connectivity index (χ1v) is 20.8. The number of hydrogen-bond donors (Lipinski definition) is 5. The van der Waals surface area contributed by atoms with Crippen molar-refractivity contribution in [3.05, 3.63) is 29.8 Å². The summed E-state index contributed by atoms with van der Waals surface area (Å²) >= 11 is 1.60. The van der Waals surface area contributed by atoms with E-state index in [-0.39, 0.29) is 48.0 Å². The minimum absolute atomic E-state index is 0.0404. The summed E-state index contributed by atoms with van der Waals surface area (Å²) < 4.78 is 11.6. The molecule has 0 spiro atoms. The number of amides is 4. The van der Waals surface area contributed by atoms with Crippen molar-refractivity contribution < 1.29 is 38.9 Å². The minimum Gasteiger partial charge on any atom is -0.497 e. The highest BCUT2D eigenvalue weighted by Crippen LogP contribution is 2.33. The lowest BCUT2D eigenvalue weighted by Crippen LogP contribution is -2.59. The molecule has 310 valence electrons. The highest BCUT2D eigenvalue weighted by molar-refractivity contribution is 8.14. The van der Waals surface area contributed by atoms with E-state index < -0.39 is 60.4 Å². The van der Waals surface area contributed by atoms with Crippen LogP contribution in [0.2, 0.25) is 0 Å². The number of carbonyl (C=O) groups excluding carboxylic acids is 4. The normalized spacial score (nSPS) is 32.3. The summed E-state index contributed by atoms with van der Waals surface area (Å²) in [6.45, 7) is 17.1. The van der Waals surface area contributed by atoms with Gasteiger partial charge in [0.1, 0.15) is 23.9 Å². The Hall–Kier alpha value is -3.20. The minimum atomic E-state index is -1.32. The number of hydrogen-bond acceptors (Lipinski definition) is 10. The highest BCUT2D eigenvalue weighted by Gasteiger charge is 2.38. The summed E-state index contributed by atoms with van der Waals surface area (Å²) in [6.07, 6.45) is 0.0636. The van der Waals surface area contributed by atoms with Crippen LogP contribution in [0.3, 0.4) is 0 Å². The molecule has 55 heavy (non-hydrogen) atoms. The third-order valence-electron chi connectivity index (χ3n) is 11.1. The van der Waals surface area contributed by atoms with Gasteiger partial charge in [0, 0.05) is 31.6 Å². The number of aliphatic imine (C=N–C) groups is 1. The molecule has 4 amide bonds. The number of methoxy groups -OCH3 is 1. The van der Waals surface area contributed by atoms with Crippen LogP contribution < -0.4 is 20.7 Å². The number of ether oxygens (including phenoxy) is 2. The molecule has 1 aromatic carbocycles. The molecule has 0 aliphatic carbocycles. The van der Waals surface area contributed by atoms with E-state index in [1.165, 1.54) is 11.8 Å². The van der Waals surface area contributed by atoms with Crippen molar-refractivity contribution in [2.24, 2.45) is 28.2 Å². The number of carbonyl (C=O) groups is 4. The van der Waals surface area contributed by atoms with Crippen molar-refractivity contribution in [1.82, 2.24) is 20.9 Å². The van der Waals surface area contributed by atoms with Crippen LogP contribution in [0, 0.1) is 23.2 Å². The van der Waals surface area contributed by atoms with Crippen LogP contribution in [0.5, 0.6) is 5.75 Å². The van der Waals surface area contributed by atoms with Gasteiger partial charge in [0.2, 0.25) is 23.6 Å². The van der Waals surface area contributed by atoms with Gasteiger partial charge in [-0.3, -0.25) is 24.2 Å². The largest absolute Gasteiger partial charge is 0.497 e. The van der Waals surface area contributed by atoms with E-state index >= 15 is 0 Å². The maximum absolute atomic E-state index is 14.0. The monoisotopic (exact) mass is 789 g/mol. The number of rotatable bonds is 5. The Morgan fingerprint density at radius 1 is 1.00 bits per heavy atom. The molecule has 1 unspecified atom stereocenters. The second kappa shape index (κ2) is 20.8. The van der Waals surface area contributed by atoms with Crippen LogP contribution >= 0.6 is 11.8 Å². The fourth-order valence-electron chi connectivity index (χ4n) is 6.69. The Morgan fingerprint density at radius 3 is 2.25 bits per heavy atom. The molecule has 0 saturated carbocycles. The lowest BCUT2D eigenvalue weighted by molar-refractivity contribution is -0.196. The lowest BCUT2D eigenvalue weighted by Gasteiger charge is -2.39. The van der Waals surface area contributed by atoms with Crippen LogP contribution in [0.1, 0.15) is 100.0 Å². The molecule has 14 heteroatoms. The van der Waals surface area contributed by atoms with Crippen molar-refractivity contribution in [3.63, 3.8) is 0 Å². The number of nitrogens with zero attached hydrogens (tertiary/aromatic N) is 2. The van der Waals surface area contributed by atoms with E-state index in [1.807, 2.05) is 53.7 Å². The second-order valence-corrected chi connectivity index (χ2v) is 17.8. The standard InChI is InChI=1S/C41H67N5O8S/c1-12-24(3)35-39(51)46(10)27(6)40(52)54-33(41(7,8)9)20-23(2)19-32(47)25(4)38-43-29(22-55-38)15-18-34(48)44-31(37(50)42-26(5)36(49)45-35)21-28-13-16-30(53-11)17-14-28/h13-14,16-17,23-27,29,31-33,35,40,47,52H,12,15,18-22H2,1-11H3,(H,42,50)(H,44,48)(H,45,49)/t23-,24-,25-,26-,27-,29+,31-,32-,33-,35-,40?/m0/s1. The summed E-state index contributed by atoms with van der Waals surface area (Å²) in [6, 6.07) is 3.34. The summed E-state index contributed by atoms with van der Waals surface area (Å²) in [5.41, 5.74) is 0.426. The Labute approximate surface area is 332 Å². The SMILES string of the molecule is CC[C@H](C)[C@@H]1NC(=O)[C@H](C)NC(=O)[C@H](Cc2ccc(OC)cc2)NC(=O)CC[C@@H]2CSC(=N2)[C@@H](C)[C@@H](O)C[C@H](C)C[C@@H](C(C)(C)C)OC(O)[C@H](C)N(C)C1=O. The van der Waals surface area contributed by atoms with Crippen LogP contribution in [0.4, 0.5) is 0 Å². The van der Waals surface area contributed by atoms with Gasteiger partial charge in [-0.15, -0.1) is 11.8 Å². The van der Waals surface area contributed by atoms with Gasteiger partial charge in [-0.05, 0) is 68.1 Å². The van der Waals surface area contributed by atoms with E-state index in [4.69, 9.17) is 14.5 Å². The number of aliphatic hydroxyl groups excluding tert-OH is 2.